The third kappa shape index (κ3) is 3.80. The Bertz CT molecular complexity index is 588. The van der Waals surface area contributed by atoms with Gasteiger partial charge >= 0.3 is 0 Å². The minimum absolute atomic E-state index is 0.124. The van der Waals surface area contributed by atoms with Gasteiger partial charge in [-0.3, -0.25) is 4.79 Å². The summed E-state index contributed by atoms with van der Waals surface area (Å²) in [5.74, 6) is 0.738. The van der Waals surface area contributed by atoms with Crippen LogP contribution in [0.5, 0.6) is 0 Å². The summed E-state index contributed by atoms with van der Waals surface area (Å²) in [4.78, 5) is 16.5. The molecule has 0 radical (unpaired) electrons. The van der Waals surface area contributed by atoms with E-state index in [2.05, 4.69) is 16.4 Å². The van der Waals surface area contributed by atoms with Crippen LogP contribution < -0.4 is 11.1 Å². The van der Waals surface area contributed by atoms with Crippen LogP contribution in [0.4, 0.5) is 0 Å². The van der Waals surface area contributed by atoms with Crippen molar-refractivity contribution in [3.05, 3.63) is 29.3 Å². The fourth-order valence-corrected chi connectivity index (χ4v) is 3.58. The number of nitrogens with one attached hydrogen (secondary N) is 1. The number of nitrogens with two attached hydrogens (primary N) is 1. The van der Waals surface area contributed by atoms with Gasteiger partial charge in [-0.25, -0.2) is 4.98 Å². The van der Waals surface area contributed by atoms with Crippen LogP contribution in [0.2, 0.25) is 0 Å². The molecule has 0 bridgehead atoms. The van der Waals surface area contributed by atoms with Gasteiger partial charge in [0.05, 0.1) is 15.2 Å². The molecular formula is C16H21N3OS. The number of carbonyl (C=O) groups is 1. The number of thiazole rings is 1. The lowest BCUT2D eigenvalue weighted by Gasteiger charge is -2.15. The third-order valence-electron chi connectivity index (χ3n) is 3.92. The van der Waals surface area contributed by atoms with Gasteiger partial charge in [0.15, 0.2) is 0 Å². The maximum absolute atomic E-state index is 11.9. The molecular weight excluding hydrogens is 282 g/mol. The molecule has 21 heavy (non-hydrogen) atoms. The lowest BCUT2D eigenvalue weighted by molar-refractivity contribution is -0.122. The van der Waals surface area contributed by atoms with Crippen LogP contribution in [0.1, 0.15) is 30.7 Å². The number of amides is 1. The highest BCUT2D eigenvalue weighted by Gasteiger charge is 2.30. The number of para-hydroxylation sites is 1. The van der Waals surface area contributed by atoms with E-state index in [0.29, 0.717) is 18.9 Å². The van der Waals surface area contributed by atoms with Crippen molar-refractivity contribution >= 4 is 27.5 Å². The lowest BCUT2D eigenvalue weighted by atomic mass is 10.1. The fraction of sp³-hybridized carbons (Fsp3) is 0.500. The lowest BCUT2D eigenvalue weighted by Crippen LogP contribution is -2.41. The molecule has 1 saturated carbocycles. The molecule has 1 unspecified atom stereocenters. The minimum atomic E-state index is 0.124. The number of fused-ring (bicyclic) bond motifs is 1. The molecule has 1 heterocycles. The maximum Gasteiger partial charge on any atom is 0.220 e. The van der Waals surface area contributed by atoms with Crippen molar-refractivity contribution in [2.75, 3.05) is 6.54 Å². The average Bonchev–Trinajstić information content (AvgIpc) is 3.24. The molecule has 0 spiro atoms. The molecule has 0 aliphatic heterocycles. The van der Waals surface area contributed by atoms with Crippen molar-refractivity contribution in [2.24, 2.45) is 11.7 Å². The van der Waals surface area contributed by atoms with E-state index in [-0.39, 0.29) is 11.9 Å². The number of aromatic nitrogens is 1. The molecule has 1 aromatic carbocycles. The zero-order chi connectivity index (χ0) is 14.7. The van der Waals surface area contributed by atoms with E-state index in [9.17, 15) is 4.79 Å². The first-order valence-corrected chi connectivity index (χ1v) is 8.42. The van der Waals surface area contributed by atoms with E-state index in [4.69, 9.17) is 5.73 Å². The Kier molecular flexibility index (Phi) is 4.51. The molecule has 5 heteroatoms. The topological polar surface area (TPSA) is 68.0 Å². The number of hydrogen-bond donors (Lipinski definition) is 2. The Balaban J connectivity index is 1.45. The molecule has 1 aromatic heterocycles. The summed E-state index contributed by atoms with van der Waals surface area (Å²) in [6.45, 7) is 0.550. The normalized spacial score (nSPS) is 16.0. The smallest absolute Gasteiger partial charge is 0.220 e. The van der Waals surface area contributed by atoms with Crippen LogP contribution in [-0.2, 0) is 11.2 Å². The van der Waals surface area contributed by atoms with E-state index < -0.39 is 0 Å². The number of aryl methyl sites for hydroxylation is 1. The Morgan fingerprint density at radius 2 is 2.24 bits per heavy atom. The molecule has 1 amide bonds. The largest absolute Gasteiger partial charge is 0.352 e. The second-order valence-electron chi connectivity index (χ2n) is 5.68. The second-order valence-corrected chi connectivity index (χ2v) is 6.79. The highest BCUT2D eigenvalue weighted by atomic mass is 32.1. The third-order valence-corrected chi connectivity index (χ3v) is 5.02. The van der Waals surface area contributed by atoms with Gasteiger partial charge in [-0.15, -0.1) is 11.3 Å². The Labute approximate surface area is 128 Å². The Morgan fingerprint density at radius 1 is 1.43 bits per heavy atom. The highest BCUT2D eigenvalue weighted by molar-refractivity contribution is 7.18. The van der Waals surface area contributed by atoms with Gasteiger partial charge in [-0.05, 0) is 43.7 Å². The molecule has 1 fully saturated rings. The molecule has 3 rings (SSSR count). The second kappa shape index (κ2) is 6.54. The first kappa shape index (κ1) is 14.5. The van der Waals surface area contributed by atoms with Crippen LogP contribution in [-0.4, -0.2) is 23.5 Å². The summed E-state index contributed by atoms with van der Waals surface area (Å²) >= 11 is 1.72. The van der Waals surface area contributed by atoms with Crippen molar-refractivity contribution in [3.8, 4) is 0 Å². The van der Waals surface area contributed by atoms with Gasteiger partial charge < -0.3 is 11.1 Å². The van der Waals surface area contributed by atoms with Crippen molar-refractivity contribution in [3.63, 3.8) is 0 Å². The monoisotopic (exact) mass is 303 g/mol. The van der Waals surface area contributed by atoms with Crippen molar-refractivity contribution in [1.82, 2.24) is 10.3 Å². The van der Waals surface area contributed by atoms with Gasteiger partial charge in [0.25, 0.3) is 0 Å². The van der Waals surface area contributed by atoms with Crippen LogP contribution in [0.25, 0.3) is 10.2 Å². The van der Waals surface area contributed by atoms with Gasteiger partial charge in [0.1, 0.15) is 0 Å². The summed E-state index contributed by atoms with van der Waals surface area (Å²) in [7, 11) is 0. The summed E-state index contributed by atoms with van der Waals surface area (Å²) in [5.41, 5.74) is 6.76. The predicted molar refractivity (Wildman–Crippen MR) is 86.3 cm³/mol. The van der Waals surface area contributed by atoms with Crippen molar-refractivity contribution in [2.45, 2.75) is 38.1 Å². The van der Waals surface area contributed by atoms with Gasteiger partial charge in [-0.2, -0.15) is 0 Å². The van der Waals surface area contributed by atoms with Crippen LogP contribution >= 0.6 is 11.3 Å². The van der Waals surface area contributed by atoms with Crippen LogP contribution in [0, 0.1) is 5.92 Å². The molecule has 0 saturated heterocycles. The summed E-state index contributed by atoms with van der Waals surface area (Å²) < 4.78 is 1.22. The number of nitrogens with zero attached hydrogens (tertiary/aromatic N) is 1. The molecule has 3 N–H and O–H groups in total. The molecule has 1 aliphatic carbocycles. The SMILES string of the molecule is NCC(NC(=O)CCCc1nc2ccccc2s1)C1CC1. The van der Waals surface area contributed by atoms with Crippen molar-refractivity contribution < 1.29 is 4.79 Å². The van der Waals surface area contributed by atoms with E-state index in [1.807, 2.05) is 18.2 Å². The van der Waals surface area contributed by atoms with Gasteiger partial charge in [0.2, 0.25) is 5.91 Å². The maximum atomic E-state index is 11.9. The standard InChI is InChI=1S/C16H21N3OS/c17-10-13(11-8-9-11)18-15(20)6-3-7-16-19-12-4-1-2-5-14(12)21-16/h1-2,4-5,11,13H,3,6-10,17H2,(H,18,20). The zero-order valence-corrected chi connectivity index (χ0v) is 12.9. The average molecular weight is 303 g/mol. The number of hydrogen-bond acceptors (Lipinski definition) is 4. The Morgan fingerprint density at radius 3 is 2.95 bits per heavy atom. The van der Waals surface area contributed by atoms with E-state index >= 15 is 0 Å². The number of rotatable bonds is 7. The molecule has 112 valence electrons. The first-order valence-electron chi connectivity index (χ1n) is 7.60. The first-order chi connectivity index (χ1) is 10.3. The summed E-state index contributed by atoms with van der Waals surface area (Å²) in [6.07, 6.45) is 4.66. The number of carbonyl (C=O) groups excluding carboxylic acids is 1. The van der Waals surface area contributed by atoms with Gasteiger partial charge in [-0.1, -0.05) is 12.1 Å². The molecule has 2 aromatic rings. The van der Waals surface area contributed by atoms with Gasteiger partial charge in [0, 0.05) is 19.0 Å². The molecule has 4 nitrogen and oxygen atoms in total. The summed E-state index contributed by atoms with van der Waals surface area (Å²) in [5, 5.41) is 4.17. The molecule has 1 atom stereocenters. The fourth-order valence-electron chi connectivity index (χ4n) is 2.57. The van der Waals surface area contributed by atoms with E-state index in [1.165, 1.54) is 17.5 Å². The van der Waals surface area contributed by atoms with Crippen molar-refractivity contribution in [1.29, 1.82) is 0 Å². The quantitative estimate of drug-likeness (QED) is 0.825. The van der Waals surface area contributed by atoms with E-state index in [0.717, 1.165) is 23.4 Å². The molecule has 1 aliphatic rings. The predicted octanol–water partition coefficient (Wildman–Crippen LogP) is 2.47. The highest BCUT2D eigenvalue weighted by Crippen LogP contribution is 2.32. The number of benzene rings is 1. The Hall–Kier alpha value is -1.46. The van der Waals surface area contributed by atoms with Crippen LogP contribution in [0.15, 0.2) is 24.3 Å². The summed E-state index contributed by atoms with van der Waals surface area (Å²) in [6, 6.07) is 8.33. The minimum Gasteiger partial charge on any atom is -0.352 e. The van der Waals surface area contributed by atoms with Crippen LogP contribution in [0.3, 0.4) is 0 Å². The zero-order valence-electron chi connectivity index (χ0n) is 12.0. The van der Waals surface area contributed by atoms with E-state index in [1.54, 1.807) is 11.3 Å².